The average Bonchev–Trinajstić information content (AvgIpc) is 2.99. The summed E-state index contributed by atoms with van der Waals surface area (Å²) in [5.41, 5.74) is 2.60. The first-order valence-corrected chi connectivity index (χ1v) is 7.95. The Morgan fingerprint density at radius 2 is 2.12 bits per heavy atom. The van der Waals surface area contributed by atoms with E-state index in [2.05, 4.69) is 15.4 Å². The molecule has 0 spiro atoms. The number of pyridine rings is 2. The maximum Gasteiger partial charge on any atom is 0.263 e. The van der Waals surface area contributed by atoms with Crippen LogP contribution in [0.25, 0.3) is 11.3 Å². The first-order chi connectivity index (χ1) is 12.1. The molecule has 1 amide bonds. The van der Waals surface area contributed by atoms with Crippen molar-refractivity contribution >= 4 is 5.91 Å². The first-order valence-electron chi connectivity index (χ1n) is 7.95. The van der Waals surface area contributed by atoms with Crippen LogP contribution >= 0.6 is 0 Å². The number of carbonyl (C=O) groups is 1. The molecule has 7 heteroatoms. The number of hydrogen-bond acceptors (Lipinski definition) is 4. The zero-order valence-corrected chi connectivity index (χ0v) is 14.1. The number of nitrogens with one attached hydrogen (secondary N) is 1. The van der Waals surface area contributed by atoms with Gasteiger partial charge in [-0.1, -0.05) is 0 Å². The lowest BCUT2D eigenvalue weighted by Gasteiger charge is -2.07. The van der Waals surface area contributed by atoms with Gasteiger partial charge in [-0.3, -0.25) is 19.3 Å². The normalized spacial score (nSPS) is 10.6. The van der Waals surface area contributed by atoms with Crippen molar-refractivity contribution in [1.82, 2.24) is 24.6 Å². The van der Waals surface area contributed by atoms with Crippen molar-refractivity contribution in [1.29, 1.82) is 0 Å². The van der Waals surface area contributed by atoms with Gasteiger partial charge >= 0.3 is 0 Å². The van der Waals surface area contributed by atoms with E-state index in [1.54, 1.807) is 31.7 Å². The van der Waals surface area contributed by atoms with Crippen LogP contribution in [0.3, 0.4) is 0 Å². The van der Waals surface area contributed by atoms with Crippen LogP contribution in [0, 0.1) is 6.92 Å². The van der Waals surface area contributed by atoms with E-state index in [9.17, 15) is 9.59 Å². The summed E-state index contributed by atoms with van der Waals surface area (Å²) in [6.45, 7) is 2.86. The number of aryl methyl sites for hydroxylation is 2. The Morgan fingerprint density at radius 3 is 2.88 bits per heavy atom. The highest BCUT2D eigenvalue weighted by Gasteiger charge is 2.11. The lowest BCUT2D eigenvalue weighted by Crippen LogP contribution is -2.33. The lowest BCUT2D eigenvalue weighted by atomic mass is 10.2. The number of hydrogen-bond donors (Lipinski definition) is 1. The van der Waals surface area contributed by atoms with Crippen molar-refractivity contribution < 1.29 is 4.79 Å². The molecule has 3 rings (SSSR count). The summed E-state index contributed by atoms with van der Waals surface area (Å²) in [6, 6.07) is 8.99. The number of carbonyl (C=O) groups excluding carboxylic acids is 1. The third-order valence-corrected chi connectivity index (χ3v) is 3.92. The van der Waals surface area contributed by atoms with Crippen LogP contribution in [0.5, 0.6) is 0 Å². The van der Waals surface area contributed by atoms with Crippen molar-refractivity contribution in [3.8, 4) is 11.3 Å². The zero-order valence-electron chi connectivity index (χ0n) is 14.1. The van der Waals surface area contributed by atoms with Crippen LogP contribution < -0.4 is 10.9 Å². The smallest absolute Gasteiger partial charge is 0.263 e. The van der Waals surface area contributed by atoms with Gasteiger partial charge in [0.2, 0.25) is 0 Å². The molecule has 0 atom stereocenters. The second-order valence-electron chi connectivity index (χ2n) is 5.73. The molecule has 3 heterocycles. The molecular weight excluding hydrogens is 318 g/mol. The molecule has 7 nitrogen and oxygen atoms in total. The molecule has 0 aliphatic rings. The second-order valence-corrected chi connectivity index (χ2v) is 5.73. The topological polar surface area (TPSA) is 81.8 Å². The van der Waals surface area contributed by atoms with Gasteiger partial charge in [0, 0.05) is 43.4 Å². The van der Waals surface area contributed by atoms with Crippen LogP contribution in [-0.4, -0.2) is 31.8 Å². The Morgan fingerprint density at radius 1 is 1.28 bits per heavy atom. The van der Waals surface area contributed by atoms with Crippen molar-refractivity contribution in [3.63, 3.8) is 0 Å². The quantitative estimate of drug-likeness (QED) is 0.763. The molecule has 0 unspecified atom stereocenters. The van der Waals surface area contributed by atoms with E-state index in [0.29, 0.717) is 13.1 Å². The minimum absolute atomic E-state index is 0.137. The molecule has 128 valence electrons. The fourth-order valence-electron chi connectivity index (χ4n) is 2.53. The summed E-state index contributed by atoms with van der Waals surface area (Å²) in [5.74, 6) is -0.376. The Labute approximate surface area is 144 Å². The third-order valence-electron chi connectivity index (χ3n) is 3.92. The highest BCUT2D eigenvalue weighted by molar-refractivity contribution is 5.93. The standard InChI is InChI=1S/C18H19N5O2/c1-13-11-16(14-5-3-7-19-12-14)21-23(13)10-8-20-17(24)15-6-4-9-22(2)18(15)25/h3-7,9,11-12H,8,10H2,1-2H3,(H,20,24). The predicted octanol–water partition coefficient (Wildman–Crippen LogP) is 1.38. The Hall–Kier alpha value is -3.22. The molecule has 3 aromatic heterocycles. The number of aromatic nitrogens is 4. The fraction of sp³-hybridized carbons (Fsp3) is 0.222. The van der Waals surface area contributed by atoms with Gasteiger partial charge in [-0.25, -0.2) is 0 Å². The van der Waals surface area contributed by atoms with Gasteiger partial charge in [0.05, 0.1) is 12.2 Å². The van der Waals surface area contributed by atoms with Crippen molar-refractivity contribution in [2.24, 2.45) is 7.05 Å². The van der Waals surface area contributed by atoms with Crippen molar-refractivity contribution in [3.05, 3.63) is 70.5 Å². The molecule has 25 heavy (non-hydrogen) atoms. The minimum atomic E-state index is -0.376. The summed E-state index contributed by atoms with van der Waals surface area (Å²) in [6.07, 6.45) is 5.10. The van der Waals surface area contributed by atoms with E-state index in [1.807, 2.05) is 29.8 Å². The second kappa shape index (κ2) is 7.12. The molecular formula is C18H19N5O2. The minimum Gasteiger partial charge on any atom is -0.350 e. The number of nitrogens with zero attached hydrogens (tertiary/aromatic N) is 4. The Kier molecular flexibility index (Phi) is 4.74. The van der Waals surface area contributed by atoms with Gasteiger partial charge in [-0.15, -0.1) is 0 Å². The molecule has 0 aromatic carbocycles. The molecule has 1 N–H and O–H groups in total. The van der Waals surface area contributed by atoms with E-state index >= 15 is 0 Å². The Balaban J connectivity index is 1.65. The van der Waals surface area contributed by atoms with E-state index in [0.717, 1.165) is 17.0 Å². The SMILES string of the molecule is Cc1cc(-c2cccnc2)nn1CCNC(=O)c1cccn(C)c1=O. The maximum atomic E-state index is 12.2. The first kappa shape index (κ1) is 16.6. The summed E-state index contributed by atoms with van der Waals surface area (Å²) in [7, 11) is 1.62. The van der Waals surface area contributed by atoms with E-state index in [-0.39, 0.29) is 17.0 Å². The molecule has 0 aliphatic heterocycles. The van der Waals surface area contributed by atoms with Crippen LogP contribution in [0.15, 0.2) is 53.7 Å². The summed E-state index contributed by atoms with van der Waals surface area (Å²) in [4.78, 5) is 28.2. The lowest BCUT2D eigenvalue weighted by molar-refractivity contribution is 0.0950. The van der Waals surface area contributed by atoms with Crippen LogP contribution in [0.4, 0.5) is 0 Å². The van der Waals surface area contributed by atoms with E-state index in [1.165, 1.54) is 10.6 Å². The van der Waals surface area contributed by atoms with Crippen LogP contribution in [0.2, 0.25) is 0 Å². The summed E-state index contributed by atoms with van der Waals surface area (Å²) >= 11 is 0. The molecule has 0 radical (unpaired) electrons. The number of rotatable bonds is 5. The van der Waals surface area contributed by atoms with Crippen molar-refractivity contribution in [2.75, 3.05) is 6.54 Å². The van der Waals surface area contributed by atoms with Crippen LogP contribution in [0.1, 0.15) is 16.1 Å². The van der Waals surface area contributed by atoms with Gasteiger partial charge in [-0.2, -0.15) is 5.10 Å². The predicted molar refractivity (Wildman–Crippen MR) is 94.2 cm³/mol. The molecule has 0 saturated heterocycles. The summed E-state index contributed by atoms with van der Waals surface area (Å²) < 4.78 is 3.21. The Bertz CT molecular complexity index is 944. The molecule has 0 aliphatic carbocycles. The van der Waals surface area contributed by atoms with Gasteiger partial charge in [0.15, 0.2) is 0 Å². The third kappa shape index (κ3) is 3.65. The molecule has 0 saturated carbocycles. The van der Waals surface area contributed by atoms with E-state index < -0.39 is 0 Å². The van der Waals surface area contributed by atoms with Gasteiger partial charge < -0.3 is 9.88 Å². The fourth-order valence-corrected chi connectivity index (χ4v) is 2.53. The largest absolute Gasteiger partial charge is 0.350 e. The zero-order chi connectivity index (χ0) is 17.8. The molecule has 0 fully saturated rings. The number of amides is 1. The highest BCUT2D eigenvalue weighted by atomic mass is 16.2. The van der Waals surface area contributed by atoms with Crippen molar-refractivity contribution in [2.45, 2.75) is 13.5 Å². The van der Waals surface area contributed by atoms with Crippen LogP contribution in [-0.2, 0) is 13.6 Å². The highest BCUT2D eigenvalue weighted by Crippen LogP contribution is 2.17. The summed E-state index contributed by atoms with van der Waals surface area (Å²) in [5, 5.41) is 7.31. The maximum absolute atomic E-state index is 12.2. The molecule has 3 aromatic rings. The van der Waals surface area contributed by atoms with Gasteiger partial charge in [0.1, 0.15) is 5.56 Å². The molecule has 0 bridgehead atoms. The van der Waals surface area contributed by atoms with Gasteiger partial charge in [0.25, 0.3) is 11.5 Å². The van der Waals surface area contributed by atoms with Gasteiger partial charge in [-0.05, 0) is 37.3 Å². The average molecular weight is 337 g/mol. The monoisotopic (exact) mass is 337 g/mol. The van der Waals surface area contributed by atoms with E-state index in [4.69, 9.17) is 0 Å².